The van der Waals surface area contributed by atoms with Crippen LogP contribution in [0.4, 0.5) is 29.5 Å². The summed E-state index contributed by atoms with van der Waals surface area (Å²) in [5, 5.41) is 2.60. The number of methoxy groups -OCH3 is 2. The van der Waals surface area contributed by atoms with E-state index in [4.69, 9.17) is 9.47 Å². The number of hydrogen-bond donors (Lipinski definition) is 2. The Hall–Kier alpha value is -4.49. The molecule has 2 N–H and O–H groups in total. The number of hydrogen-bond acceptors (Lipinski definition) is 9. The van der Waals surface area contributed by atoms with E-state index in [1.165, 1.54) is 14.2 Å². The Morgan fingerprint density at radius 1 is 1.03 bits per heavy atom. The molecule has 0 radical (unpaired) electrons. The standard InChI is InChI=1S/C21H15F4N5O5/c1-8-9-6-13(33-2)14(34-3)7-11(9)27-19(26-8)30-20-28-16-10(22)4-5-12(15(16)17(31)29-20)35-18(32)21(23,24)25/h4-7H,1-3H3,(H2,26,27,28,29,30,31). The Morgan fingerprint density at radius 2 is 1.71 bits per heavy atom. The molecule has 2 aromatic carbocycles. The maximum absolute atomic E-state index is 14.4. The number of halogens is 4. The van der Waals surface area contributed by atoms with E-state index in [9.17, 15) is 27.2 Å². The van der Waals surface area contributed by atoms with Crippen LogP contribution in [0.2, 0.25) is 0 Å². The molecule has 0 aliphatic carbocycles. The summed E-state index contributed by atoms with van der Waals surface area (Å²) in [4.78, 5) is 38.5. The molecule has 4 rings (SSSR count). The summed E-state index contributed by atoms with van der Waals surface area (Å²) in [5.74, 6) is -3.87. The van der Waals surface area contributed by atoms with Crippen molar-refractivity contribution in [3.63, 3.8) is 0 Å². The van der Waals surface area contributed by atoms with E-state index in [0.29, 0.717) is 34.2 Å². The molecule has 0 bridgehead atoms. The van der Waals surface area contributed by atoms with Gasteiger partial charge in [-0.05, 0) is 25.1 Å². The zero-order valence-corrected chi connectivity index (χ0v) is 18.2. The Morgan fingerprint density at radius 3 is 2.37 bits per heavy atom. The van der Waals surface area contributed by atoms with Crippen molar-refractivity contribution in [3.8, 4) is 17.2 Å². The third-order valence-electron chi connectivity index (χ3n) is 4.83. The van der Waals surface area contributed by atoms with Gasteiger partial charge in [0.25, 0.3) is 5.56 Å². The lowest BCUT2D eigenvalue weighted by Crippen LogP contribution is -2.28. The molecule has 35 heavy (non-hydrogen) atoms. The number of alkyl halides is 3. The molecule has 0 unspecified atom stereocenters. The maximum atomic E-state index is 14.4. The van der Waals surface area contributed by atoms with Gasteiger partial charge in [-0.3, -0.25) is 15.1 Å². The van der Waals surface area contributed by atoms with E-state index in [-0.39, 0.29) is 11.9 Å². The molecule has 0 saturated heterocycles. The number of benzene rings is 2. The Kier molecular flexibility index (Phi) is 5.88. The highest BCUT2D eigenvalue weighted by Crippen LogP contribution is 2.33. The number of anilines is 2. The third kappa shape index (κ3) is 4.49. The van der Waals surface area contributed by atoms with Gasteiger partial charge in [-0.25, -0.2) is 24.1 Å². The molecule has 2 heterocycles. The Labute approximate surface area is 192 Å². The molecular formula is C21H15F4N5O5. The van der Waals surface area contributed by atoms with E-state index in [1.54, 1.807) is 19.1 Å². The first-order valence-corrected chi connectivity index (χ1v) is 9.70. The van der Waals surface area contributed by atoms with Gasteiger partial charge in [0.2, 0.25) is 11.9 Å². The molecule has 0 fully saturated rings. The second kappa shape index (κ2) is 8.70. The average molecular weight is 493 g/mol. The fraction of sp³-hybridized carbons (Fsp3) is 0.190. The fourth-order valence-corrected chi connectivity index (χ4v) is 3.26. The number of nitrogens with one attached hydrogen (secondary N) is 2. The normalized spacial score (nSPS) is 11.5. The summed E-state index contributed by atoms with van der Waals surface area (Å²) < 4.78 is 66.9. The predicted molar refractivity (Wildman–Crippen MR) is 115 cm³/mol. The lowest BCUT2D eigenvalue weighted by molar-refractivity contribution is -0.189. The summed E-state index contributed by atoms with van der Waals surface area (Å²) in [6.07, 6.45) is -5.32. The molecule has 0 aliphatic rings. The van der Waals surface area contributed by atoms with Gasteiger partial charge in [-0.15, -0.1) is 0 Å². The van der Waals surface area contributed by atoms with Crippen LogP contribution in [-0.2, 0) is 4.79 Å². The van der Waals surface area contributed by atoms with Gasteiger partial charge in [0.15, 0.2) is 11.5 Å². The van der Waals surface area contributed by atoms with Gasteiger partial charge >= 0.3 is 12.1 Å². The van der Waals surface area contributed by atoms with Crippen molar-refractivity contribution >= 4 is 39.7 Å². The van der Waals surface area contributed by atoms with E-state index in [2.05, 4.69) is 30.0 Å². The molecule has 14 heteroatoms. The first-order valence-electron chi connectivity index (χ1n) is 9.70. The third-order valence-corrected chi connectivity index (χ3v) is 4.83. The summed E-state index contributed by atoms with van der Waals surface area (Å²) in [5.41, 5.74) is -0.721. The van der Waals surface area contributed by atoms with E-state index in [1.807, 2.05) is 0 Å². The zero-order chi connectivity index (χ0) is 25.5. The van der Waals surface area contributed by atoms with Crippen LogP contribution in [0.3, 0.4) is 0 Å². The number of nitrogens with zero attached hydrogens (tertiary/aromatic N) is 3. The molecular weight excluding hydrogens is 478 g/mol. The maximum Gasteiger partial charge on any atom is 0.491 e. The van der Waals surface area contributed by atoms with Gasteiger partial charge in [0.1, 0.15) is 22.5 Å². The van der Waals surface area contributed by atoms with Crippen LogP contribution in [0.1, 0.15) is 5.69 Å². The molecule has 0 spiro atoms. The number of aromatic nitrogens is 4. The largest absolute Gasteiger partial charge is 0.493 e. The van der Waals surface area contributed by atoms with Crippen LogP contribution in [0.25, 0.3) is 21.8 Å². The highest BCUT2D eigenvalue weighted by Gasteiger charge is 2.41. The molecule has 0 atom stereocenters. The van der Waals surface area contributed by atoms with Crippen LogP contribution in [0.5, 0.6) is 17.2 Å². The first-order chi connectivity index (χ1) is 16.5. The van der Waals surface area contributed by atoms with Crippen molar-refractivity contribution in [1.82, 2.24) is 19.9 Å². The highest BCUT2D eigenvalue weighted by atomic mass is 19.4. The van der Waals surface area contributed by atoms with Gasteiger partial charge < -0.3 is 14.2 Å². The average Bonchev–Trinajstić information content (AvgIpc) is 2.79. The minimum absolute atomic E-state index is 0.0234. The number of aryl methyl sites for hydroxylation is 1. The number of carbonyl (C=O) groups is 1. The summed E-state index contributed by atoms with van der Waals surface area (Å²) >= 11 is 0. The molecule has 0 amide bonds. The SMILES string of the molecule is COc1cc2nc(Nc3nc4c(F)ccc(OC(=O)C(F)(F)F)c4c(=O)[nH]3)nc(C)c2cc1OC. The van der Waals surface area contributed by atoms with Crippen LogP contribution < -0.4 is 25.1 Å². The van der Waals surface area contributed by atoms with Crippen molar-refractivity contribution in [2.24, 2.45) is 0 Å². The van der Waals surface area contributed by atoms with Crippen molar-refractivity contribution in [2.75, 3.05) is 19.5 Å². The molecule has 4 aromatic rings. The van der Waals surface area contributed by atoms with Crippen molar-refractivity contribution in [1.29, 1.82) is 0 Å². The van der Waals surface area contributed by atoms with Crippen LogP contribution in [-0.4, -0.2) is 46.3 Å². The molecule has 182 valence electrons. The van der Waals surface area contributed by atoms with Gasteiger partial charge in [0, 0.05) is 11.5 Å². The summed E-state index contributed by atoms with van der Waals surface area (Å²) in [6.45, 7) is 1.69. The zero-order valence-electron chi connectivity index (χ0n) is 18.2. The van der Waals surface area contributed by atoms with Crippen molar-refractivity contribution < 1.29 is 36.6 Å². The number of esters is 1. The van der Waals surface area contributed by atoms with Crippen molar-refractivity contribution in [2.45, 2.75) is 13.1 Å². The van der Waals surface area contributed by atoms with Crippen LogP contribution in [0.15, 0.2) is 29.1 Å². The first kappa shape index (κ1) is 23.7. The number of carbonyl (C=O) groups excluding carboxylic acids is 1. The second-order valence-electron chi connectivity index (χ2n) is 7.05. The molecule has 0 saturated carbocycles. The Balaban J connectivity index is 1.76. The number of aromatic amines is 1. The van der Waals surface area contributed by atoms with Gasteiger partial charge in [-0.1, -0.05) is 0 Å². The highest BCUT2D eigenvalue weighted by molar-refractivity contribution is 5.89. The van der Waals surface area contributed by atoms with Gasteiger partial charge in [0.05, 0.1) is 25.4 Å². The van der Waals surface area contributed by atoms with Crippen LogP contribution >= 0.6 is 0 Å². The lowest BCUT2D eigenvalue weighted by Gasteiger charge is -2.12. The van der Waals surface area contributed by atoms with E-state index >= 15 is 0 Å². The topological polar surface area (TPSA) is 128 Å². The summed E-state index contributed by atoms with van der Waals surface area (Å²) in [6, 6.07) is 4.73. The number of fused-ring (bicyclic) bond motifs is 2. The minimum atomic E-state index is -5.32. The summed E-state index contributed by atoms with van der Waals surface area (Å²) in [7, 11) is 2.93. The smallest absolute Gasteiger partial charge is 0.491 e. The van der Waals surface area contributed by atoms with E-state index < -0.39 is 40.2 Å². The van der Waals surface area contributed by atoms with E-state index in [0.717, 1.165) is 6.07 Å². The predicted octanol–water partition coefficient (Wildman–Crippen LogP) is 3.54. The number of H-pyrrole nitrogens is 1. The fourth-order valence-electron chi connectivity index (χ4n) is 3.26. The Bertz CT molecular complexity index is 1540. The number of rotatable bonds is 5. The molecule has 10 nitrogen and oxygen atoms in total. The van der Waals surface area contributed by atoms with Gasteiger partial charge in [-0.2, -0.15) is 13.2 Å². The van der Waals surface area contributed by atoms with Crippen molar-refractivity contribution in [3.05, 3.63) is 46.1 Å². The van der Waals surface area contributed by atoms with Crippen LogP contribution in [0, 0.1) is 12.7 Å². The minimum Gasteiger partial charge on any atom is -0.493 e. The molecule has 2 aromatic heterocycles. The second-order valence-corrected chi connectivity index (χ2v) is 7.05. The number of ether oxygens (including phenoxy) is 3. The molecule has 0 aliphatic heterocycles. The monoisotopic (exact) mass is 493 g/mol. The lowest BCUT2D eigenvalue weighted by atomic mass is 10.1. The quantitative estimate of drug-likeness (QED) is 0.244.